The number of rotatable bonds is 7. The van der Waals surface area contributed by atoms with E-state index in [1.165, 1.54) is 13.2 Å². The molecule has 4 aromatic rings. The number of nitrogens with zero attached hydrogens (tertiary/aromatic N) is 2. The second kappa shape index (κ2) is 8.42. The topological polar surface area (TPSA) is 76.4 Å². The summed E-state index contributed by atoms with van der Waals surface area (Å²) in [4.78, 5) is 11.9. The van der Waals surface area contributed by atoms with E-state index in [9.17, 15) is 9.90 Å². The van der Waals surface area contributed by atoms with Gasteiger partial charge in [0.1, 0.15) is 11.6 Å². The summed E-state index contributed by atoms with van der Waals surface area (Å²) in [7, 11) is 1.51. The van der Waals surface area contributed by atoms with Crippen molar-refractivity contribution in [3.05, 3.63) is 82.2 Å². The van der Waals surface area contributed by atoms with E-state index in [0.717, 1.165) is 28.2 Å². The molecule has 0 atom stereocenters. The molecule has 2 N–H and O–H groups in total. The van der Waals surface area contributed by atoms with Crippen LogP contribution in [0.4, 0.5) is 11.5 Å². The largest absolute Gasteiger partial charge is 0.497 e. The Hall–Kier alpha value is -3.58. The molecule has 0 radical (unpaired) electrons. The van der Waals surface area contributed by atoms with Gasteiger partial charge in [-0.15, -0.1) is 0 Å². The van der Waals surface area contributed by atoms with Crippen LogP contribution >= 0.6 is 11.3 Å². The molecular formula is C23H21N3O3S. The zero-order valence-corrected chi connectivity index (χ0v) is 17.4. The quantitative estimate of drug-likeness (QED) is 0.418. The number of ether oxygens (including phenoxy) is 1. The number of carboxylic acids is 1. The van der Waals surface area contributed by atoms with Gasteiger partial charge in [-0.2, -0.15) is 16.4 Å². The zero-order chi connectivity index (χ0) is 21.1. The summed E-state index contributed by atoms with van der Waals surface area (Å²) in [6, 6.07) is 17.1. The predicted octanol–water partition coefficient (Wildman–Crippen LogP) is 5.42. The Labute approximate surface area is 178 Å². The average molecular weight is 420 g/mol. The first-order valence-corrected chi connectivity index (χ1v) is 10.3. The first-order valence-electron chi connectivity index (χ1n) is 9.39. The number of hydrogen-bond donors (Lipinski definition) is 2. The monoisotopic (exact) mass is 419 g/mol. The highest BCUT2D eigenvalue weighted by atomic mass is 32.1. The Morgan fingerprint density at radius 2 is 2.00 bits per heavy atom. The lowest BCUT2D eigenvalue weighted by atomic mass is 10.1. The van der Waals surface area contributed by atoms with Crippen LogP contribution in [0.3, 0.4) is 0 Å². The van der Waals surface area contributed by atoms with Gasteiger partial charge in [-0.3, -0.25) is 0 Å². The van der Waals surface area contributed by atoms with E-state index < -0.39 is 5.97 Å². The number of carboxylic acid groups (broad SMARTS) is 1. The van der Waals surface area contributed by atoms with Crippen LogP contribution in [-0.4, -0.2) is 28.0 Å². The van der Waals surface area contributed by atoms with Gasteiger partial charge in [-0.25, -0.2) is 9.48 Å². The van der Waals surface area contributed by atoms with Crippen molar-refractivity contribution < 1.29 is 14.6 Å². The van der Waals surface area contributed by atoms with Crippen molar-refractivity contribution >= 4 is 28.8 Å². The van der Waals surface area contributed by atoms with E-state index in [1.807, 2.05) is 53.4 Å². The second-order valence-electron chi connectivity index (χ2n) is 6.81. The van der Waals surface area contributed by atoms with Crippen LogP contribution in [0.15, 0.2) is 65.4 Å². The summed E-state index contributed by atoms with van der Waals surface area (Å²) in [5.41, 5.74) is 4.60. The Balaban J connectivity index is 1.82. The Bertz CT molecular complexity index is 1170. The minimum absolute atomic E-state index is 0.135. The fraction of sp³-hybridized carbons (Fsp3) is 0.130. The smallest absolute Gasteiger partial charge is 0.337 e. The van der Waals surface area contributed by atoms with Gasteiger partial charge in [0.2, 0.25) is 0 Å². The van der Waals surface area contributed by atoms with Gasteiger partial charge >= 0.3 is 5.97 Å². The van der Waals surface area contributed by atoms with Crippen molar-refractivity contribution in [2.24, 2.45) is 0 Å². The molecule has 2 aromatic heterocycles. The SMILES string of the molecule is COc1ccc(Nc2c(-c3ccsc3)c(C)nn2Cc2ccccc2)c(C(=O)O)c1. The fourth-order valence-electron chi connectivity index (χ4n) is 3.40. The van der Waals surface area contributed by atoms with E-state index in [2.05, 4.69) is 10.7 Å². The number of hydrogen-bond acceptors (Lipinski definition) is 5. The van der Waals surface area contributed by atoms with Gasteiger partial charge in [0.15, 0.2) is 0 Å². The molecule has 0 fully saturated rings. The molecule has 0 aliphatic rings. The lowest BCUT2D eigenvalue weighted by molar-refractivity contribution is 0.0697. The molecule has 0 saturated heterocycles. The maximum absolute atomic E-state index is 11.9. The molecule has 2 aromatic carbocycles. The minimum atomic E-state index is -1.03. The first kappa shape index (κ1) is 19.7. The number of thiophene rings is 1. The molecule has 6 nitrogen and oxygen atoms in total. The molecule has 0 saturated carbocycles. The van der Waals surface area contributed by atoms with Crippen LogP contribution in [0.5, 0.6) is 5.75 Å². The molecular weight excluding hydrogens is 398 g/mol. The number of aromatic carboxylic acids is 1. The van der Waals surface area contributed by atoms with Crippen LogP contribution in [0.1, 0.15) is 21.6 Å². The minimum Gasteiger partial charge on any atom is -0.497 e. The van der Waals surface area contributed by atoms with Gasteiger partial charge in [0.25, 0.3) is 0 Å². The summed E-state index contributed by atoms with van der Waals surface area (Å²) in [6.45, 7) is 2.53. The fourth-order valence-corrected chi connectivity index (χ4v) is 4.04. The highest BCUT2D eigenvalue weighted by Crippen LogP contribution is 2.36. The van der Waals surface area contributed by atoms with E-state index in [1.54, 1.807) is 23.5 Å². The molecule has 30 heavy (non-hydrogen) atoms. The van der Waals surface area contributed by atoms with Gasteiger partial charge in [-0.1, -0.05) is 30.3 Å². The van der Waals surface area contributed by atoms with Crippen molar-refractivity contribution in [2.75, 3.05) is 12.4 Å². The highest BCUT2D eigenvalue weighted by molar-refractivity contribution is 7.08. The molecule has 0 spiro atoms. The molecule has 2 heterocycles. The van der Waals surface area contributed by atoms with E-state index in [-0.39, 0.29) is 5.56 Å². The average Bonchev–Trinajstić information content (AvgIpc) is 3.37. The van der Waals surface area contributed by atoms with Crippen molar-refractivity contribution in [3.8, 4) is 16.9 Å². The number of aromatic nitrogens is 2. The van der Waals surface area contributed by atoms with Crippen LogP contribution in [0, 0.1) is 6.92 Å². The van der Waals surface area contributed by atoms with Crippen molar-refractivity contribution in [2.45, 2.75) is 13.5 Å². The van der Waals surface area contributed by atoms with Crippen molar-refractivity contribution in [1.29, 1.82) is 0 Å². The number of anilines is 2. The Morgan fingerprint density at radius 1 is 1.20 bits per heavy atom. The van der Waals surface area contributed by atoms with Crippen LogP contribution in [-0.2, 0) is 6.54 Å². The van der Waals surface area contributed by atoms with E-state index >= 15 is 0 Å². The number of benzene rings is 2. The number of carbonyl (C=O) groups is 1. The zero-order valence-electron chi connectivity index (χ0n) is 16.6. The summed E-state index contributed by atoms with van der Waals surface area (Å²) in [5.74, 6) is 0.215. The number of methoxy groups -OCH3 is 1. The lowest BCUT2D eigenvalue weighted by Gasteiger charge is -2.15. The molecule has 0 aliphatic heterocycles. The van der Waals surface area contributed by atoms with Crippen molar-refractivity contribution in [3.63, 3.8) is 0 Å². The van der Waals surface area contributed by atoms with E-state index in [4.69, 9.17) is 9.84 Å². The third kappa shape index (κ3) is 3.92. The molecule has 152 valence electrons. The first-order chi connectivity index (χ1) is 14.6. The van der Waals surface area contributed by atoms with Crippen LogP contribution in [0.25, 0.3) is 11.1 Å². The van der Waals surface area contributed by atoms with Crippen LogP contribution < -0.4 is 10.1 Å². The standard InChI is InChI=1S/C23H21N3O3S/c1-15-21(17-10-11-30-14-17)22(26(25-15)13-16-6-4-3-5-7-16)24-20-9-8-18(29-2)12-19(20)23(27)28/h3-12,14,24H,13H2,1-2H3,(H,27,28). The maximum atomic E-state index is 11.9. The maximum Gasteiger partial charge on any atom is 0.337 e. The van der Waals surface area contributed by atoms with Gasteiger partial charge in [0.05, 0.1) is 30.6 Å². The lowest BCUT2D eigenvalue weighted by Crippen LogP contribution is -2.09. The van der Waals surface area contributed by atoms with Gasteiger partial charge in [-0.05, 0) is 53.1 Å². The molecule has 4 rings (SSSR count). The predicted molar refractivity (Wildman–Crippen MR) is 119 cm³/mol. The summed E-state index contributed by atoms with van der Waals surface area (Å²) < 4.78 is 7.07. The van der Waals surface area contributed by atoms with Crippen molar-refractivity contribution in [1.82, 2.24) is 9.78 Å². The number of aryl methyl sites for hydroxylation is 1. The highest BCUT2D eigenvalue weighted by Gasteiger charge is 2.20. The molecule has 0 amide bonds. The molecule has 0 aliphatic carbocycles. The third-order valence-corrected chi connectivity index (χ3v) is 5.51. The van der Waals surface area contributed by atoms with Crippen LogP contribution in [0.2, 0.25) is 0 Å². The normalized spacial score (nSPS) is 10.7. The second-order valence-corrected chi connectivity index (χ2v) is 7.59. The number of nitrogens with one attached hydrogen (secondary N) is 1. The Morgan fingerprint density at radius 3 is 2.67 bits per heavy atom. The summed E-state index contributed by atoms with van der Waals surface area (Å²) >= 11 is 1.61. The molecule has 0 unspecified atom stereocenters. The van der Waals surface area contributed by atoms with Gasteiger partial charge < -0.3 is 15.2 Å². The molecule has 0 bridgehead atoms. The van der Waals surface area contributed by atoms with E-state index in [0.29, 0.717) is 18.0 Å². The molecule has 7 heteroatoms. The third-order valence-electron chi connectivity index (χ3n) is 4.82. The summed E-state index contributed by atoms with van der Waals surface area (Å²) in [5, 5.41) is 21.9. The Kier molecular flexibility index (Phi) is 5.54. The summed E-state index contributed by atoms with van der Waals surface area (Å²) in [6.07, 6.45) is 0. The van der Waals surface area contributed by atoms with Gasteiger partial charge in [0, 0.05) is 5.56 Å².